The Morgan fingerprint density at radius 2 is 1.58 bits per heavy atom. The SMILES string of the molecule is CS(=O)(=O)c1ccc(S(=O)(=O)N2CCC(N3C(=O)OCc4cc(Br)ccc43)CC2)cc1. The van der Waals surface area contributed by atoms with Crippen LogP contribution in [0.4, 0.5) is 10.5 Å². The summed E-state index contributed by atoms with van der Waals surface area (Å²) in [7, 11) is -7.16. The lowest BCUT2D eigenvalue weighted by atomic mass is 10.0. The van der Waals surface area contributed by atoms with Crippen LogP contribution in [-0.2, 0) is 31.2 Å². The maximum Gasteiger partial charge on any atom is 0.414 e. The molecule has 166 valence electrons. The molecule has 4 rings (SSSR count). The van der Waals surface area contributed by atoms with Crippen molar-refractivity contribution in [2.45, 2.75) is 35.3 Å². The number of sulfone groups is 1. The number of ether oxygens (including phenoxy) is 1. The number of rotatable bonds is 4. The molecule has 2 heterocycles. The molecule has 0 bridgehead atoms. The van der Waals surface area contributed by atoms with Gasteiger partial charge in [-0.1, -0.05) is 15.9 Å². The third-order valence-corrected chi connectivity index (χ3v) is 9.06. The molecule has 0 aliphatic carbocycles. The van der Waals surface area contributed by atoms with Crippen LogP contribution in [0.15, 0.2) is 56.7 Å². The number of hydrogen-bond acceptors (Lipinski definition) is 6. The minimum absolute atomic E-state index is 0.0472. The van der Waals surface area contributed by atoms with Crippen LogP contribution in [0.5, 0.6) is 0 Å². The van der Waals surface area contributed by atoms with Crippen LogP contribution in [0.2, 0.25) is 0 Å². The van der Waals surface area contributed by atoms with Gasteiger partial charge in [-0.3, -0.25) is 4.90 Å². The number of carbonyl (C=O) groups excluding carboxylic acids is 1. The van der Waals surface area contributed by atoms with Crippen molar-refractivity contribution in [3.05, 3.63) is 52.5 Å². The number of amides is 1. The van der Waals surface area contributed by atoms with Gasteiger partial charge < -0.3 is 4.74 Å². The van der Waals surface area contributed by atoms with E-state index < -0.39 is 26.0 Å². The van der Waals surface area contributed by atoms with E-state index in [9.17, 15) is 21.6 Å². The Bertz CT molecular complexity index is 1220. The van der Waals surface area contributed by atoms with Gasteiger partial charge >= 0.3 is 6.09 Å². The highest BCUT2D eigenvalue weighted by Crippen LogP contribution is 2.34. The van der Waals surface area contributed by atoms with Gasteiger partial charge in [0.2, 0.25) is 10.0 Å². The van der Waals surface area contributed by atoms with Crippen molar-refractivity contribution in [1.29, 1.82) is 0 Å². The summed E-state index contributed by atoms with van der Waals surface area (Å²) in [5.41, 5.74) is 1.69. The Labute approximate surface area is 189 Å². The largest absolute Gasteiger partial charge is 0.444 e. The fourth-order valence-corrected chi connectivity index (χ4v) is 6.42. The van der Waals surface area contributed by atoms with Gasteiger partial charge in [-0.2, -0.15) is 4.31 Å². The number of benzene rings is 2. The van der Waals surface area contributed by atoms with Crippen LogP contribution in [0.1, 0.15) is 18.4 Å². The summed E-state index contributed by atoms with van der Waals surface area (Å²) >= 11 is 3.42. The highest BCUT2D eigenvalue weighted by atomic mass is 79.9. The number of sulfonamides is 1. The van der Waals surface area contributed by atoms with Gasteiger partial charge in [0.25, 0.3) is 0 Å². The highest BCUT2D eigenvalue weighted by Gasteiger charge is 2.37. The Kier molecular flexibility index (Phi) is 5.88. The van der Waals surface area contributed by atoms with Crippen molar-refractivity contribution >= 4 is 47.6 Å². The Hall–Kier alpha value is -1.95. The summed E-state index contributed by atoms with van der Waals surface area (Å²) < 4.78 is 56.8. The maximum absolute atomic E-state index is 13.0. The molecule has 8 nitrogen and oxygen atoms in total. The number of fused-ring (bicyclic) bond motifs is 1. The molecule has 2 aliphatic heterocycles. The highest BCUT2D eigenvalue weighted by molar-refractivity contribution is 9.10. The number of hydrogen-bond donors (Lipinski definition) is 0. The van der Waals surface area contributed by atoms with Crippen LogP contribution in [-0.4, -0.2) is 52.6 Å². The summed E-state index contributed by atoms with van der Waals surface area (Å²) in [6, 6.07) is 10.7. The molecular weight excluding hydrogens is 508 g/mol. The van der Waals surface area contributed by atoms with Crippen LogP contribution in [0.3, 0.4) is 0 Å². The molecule has 2 aliphatic rings. The molecule has 1 saturated heterocycles. The first kappa shape index (κ1) is 22.3. The predicted octanol–water partition coefficient (Wildman–Crippen LogP) is 3.16. The van der Waals surface area contributed by atoms with Gasteiger partial charge in [-0.15, -0.1) is 0 Å². The van der Waals surface area contributed by atoms with Crippen molar-refractivity contribution < 1.29 is 26.4 Å². The zero-order chi connectivity index (χ0) is 22.4. The maximum atomic E-state index is 13.0. The molecule has 0 unspecified atom stereocenters. The first-order valence-electron chi connectivity index (χ1n) is 9.62. The molecule has 31 heavy (non-hydrogen) atoms. The lowest BCUT2D eigenvalue weighted by molar-refractivity contribution is 0.135. The average Bonchev–Trinajstić information content (AvgIpc) is 2.73. The van der Waals surface area contributed by atoms with E-state index in [0.717, 1.165) is 22.0 Å². The summed E-state index contributed by atoms with van der Waals surface area (Å²) in [6.07, 6.45) is 1.58. The Morgan fingerprint density at radius 3 is 2.19 bits per heavy atom. The van der Waals surface area contributed by atoms with Crippen LogP contribution >= 0.6 is 15.9 Å². The van der Waals surface area contributed by atoms with E-state index in [1.807, 2.05) is 18.2 Å². The standard InChI is InChI=1S/C20H21BrN2O6S2/c1-30(25,26)17-3-5-18(6-4-17)31(27,28)22-10-8-16(9-11-22)23-19-7-2-15(21)12-14(19)13-29-20(23)24/h2-7,12,16H,8-11,13H2,1H3. The normalized spacial score (nSPS) is 18.5. The quantitative estimate of drug-likeness (QED) is 0.603. The van der Waals surface area contributed by atoms with Gasteiger partial charge in [0.1, 0.15) is 6.61 Å². The smallest absolute Gasteiger partial charge is 0.414 e. The molecule has 11 heteroatoms. The van der Waals surface area contributed by atoms with Crippen molar-refractivity contribution in [3.63, 3.8) is 0 Å². The fraction of sp³-hybridized carbons (Fsp3) is 0.350. The van der Waals surface area contributed by atoms with Gasteiger partial charge in [-0.05, 0) is 55.3 Å². The van der Waals surface area contributed by atoms with Gasteiger partial charge in [0.05, 0.1) is 15.5 Å². The van der Waals surface area contributed by atoms with Crippen LogP contribution in [0.25, 0.3) is 0 Å². The van der Waals surface area contributed by atoms with Crippen LogP contribution < -0.4 is 4.90 Å². The molecule has 0 atom stereocenters. The third kappa shape index (κ3) is 4.36. The molecule has 1 fully saturated rings. The van der Waals surface area contributed by atoms with Gasteiger partial charge in [0.15, 0.2) is 9.84 Å². The van der Waals surface area contributed by atoms with Crippen molar-refractivity contribution in [3.8, 4) is 0 Å². The molecule has 1 amide bonds. The minimum Gasteiger partial charge on any atom is -0.444 e. The molecule has 0 aromatic heterocycles. The first-order chi connectivity index (χ1) is 14.6. The molecular formula is C20H21BrN2O6S2. The third-order valence-electron chi connectivity index (χ3n) is 5.53. The number of cyclic esters (lactones) is 1. The summed E-state index contributed by atoms with van der Waals surface area (Å²) in [5, 5.41) is 0. The monoisotopic (exact) mass is 528 g/mol. The second-order valence-corrected chi connectivity index (χ2v) is 12.4. The topological polar surface area (TPSA) is 101 Å². The van der Waals surface area contributed by atoms with Crippen molar-refractivity contribution in [2.24, 2.45) is 0 Å². The van der Waals surface area contributed by atoms with E-state index in [-0.39, 0.29) is 35.5 Å². The van der Waals surface area contributed by atoms with E-state index in [2.05, 4.69) is 15.9 Å². The second kappa shape index (κ2) is 8.19. The van der Waals surface area contributed by atoms with E-state index in [1.54, 1.807) is 4.90 Å². The Morgan fingerprint density at radius 1 is 0.968 bits per heavy atom. The number of anilines is 1. The summed E-state index contributed by atoms with van der Waals surface area (Å²) in [6.45, 7) is 0.702. The number of carbonyl (C=O) groups is 1. The Balaban J connectivity index is 1.50. The predicted molar refractivity (Wildman–Crippen MR) is 118 cm³/mol. The molecule has 0 radical (unpaired) electrons. The number of halogens is 1. The average molecular weight is 529 g/mol. The number of piperidine rings is 1. The molecule has 0 saturated carbocycles. The summed E-state index contributed by atoms with van der Waals surface area (Å²) in [5.74, 6) is 0. The minimum atomic E-state index is -3.76. The van der Waals surface area contributed by atoms with Crippen molar-refractivity contribution in [1.82, 2.24) is 4.31 Å². The van der Waals surface area contributed by atoms with E-state index in [1.165, 1.54) is 28.6 Å². The van der Waals surface area contributed by atoms with E-state index in [4.69, 9.17) is 4.74 Å². The molecule has 2 aromatic rings. The fourth-order valence-electron chi connectivity index (χ4n) is 3.91. The lowest BCUT2D eigenvalue weighted by Crippen LogP contribution is -2.50. The molecule has 0 N–H and O–H groups in total. The van der Waals surface area contributed by atoms with Gasteiger partial charge in [-0.25, -0.2) is 21.6 Å². The lowest BCUT2D eigenvalue weighted by Gasteiger charge is -2.39. The molecule has 2 aromatic carbocycles. The van der Waals surface area contributed by atoms with Crippen LogP contribution in [0, 0.1) is 0 Å². The van der Waals surface area contributed by atoms with E-state index in [0.29, 0.717) is 12.8 Å². The van der Waals surface area contributed by atoms with Gasteiger partial charge in [0, 0.05) is 35.4 Å². The molecule has 0 spiro atoms. The van der Waals surface area contributed by atoms with E-state index >= 15 is 0 Å². The number of nitrogens with zero attached hydrogens (tertiary/aromatic N) is 2. The summed E-state index contributed by atoms with van der Waals surface area (Å²) in [4.78, 5) is 14.2. The second-order valence-electron chi connectivity index (χ2n) is 7.58. The van der Waals surface area contributed by atoms with Crippen molar-refractivity contribution in [2.75, 3.05) is 24.2 Å². The zero-order valence-electron chi connectivity index (χ0n) is 16.7. The zero-order valence-corrected chi connectivity index (χ0v) is 19.9. The first-order valence-corrected chi connectivity index (χ1v) is 13.7.